The zero-order valence-electron chi connectivity index (χ0n) is 20.3. The van der Waals surface area contributed by atoms with Crippen LogP contribution >= 0.6 is 8.53 Å². The average Bonchev–Trinajstić information content (AvgIpc) is 2.80. The predicted octanol–water partition coefficient (Wildman–Crippen LogP) is 7.39. The first-order chi connectivity index (χ1) is 16.0. The summed E-state index contributed by atoms with van der Waals surface area (Å²) in [5, 5.41) is 11.4. The van der Waals surface area contributed by atoms with Crippen LogP contribution in [0.15, 0.2) is 48.5 Å². The van der Waals surface area contributed by atoms with Gasteiger partial charge in [0, 0.05) is 22.9 Å². The molecule has 3 rings (SSSR count). The first-order valence-electron chi connectivity index (χ1n) is 12.0. The van der Waals surface area contributed by atoms with E-state index in [-0.39, 0.29) is 0 Å². The molecule has 0 aliphatic heterocycles. The van der Waals surface area contributed by atoms with Crippen LogP contribution in [-0.4, -0.2) is 35.0 Å². The van der Waals surface area contributed by atoms with E-state index in [0.29, 0.717) is 31.7 Å². The molecule has 2 aromatic carbocycles. The van der Waals surface area contributed by atoms with Gasteiger partial charge in [-0.3, -0.25) is 0 Å². The van der Waals surface area contributed by atoms with Gasteiger partial charge in [0.05, 0.1) is 36.7 Å². The number of nitrogens with zero attached hydrogens (tertiary/aromatic N) is 3. The summed E-state index contributed by atoms with van der Waals surface area (Å²) < 4.78 is 14.5. The van der Waals surface area contributed by atoms with Gasteiger partial charge in [0.15, 0.2) is 0 Å². The van der Waals surface area contributed by atoms with Crippen LogP contribution in [0, 0.1) is 11.3 Å². The van der Waals surface area contributed by atoms with E-state index >= 15 is 0 Å². The second-order valence-electron chi connectivity index (χ2n) is 8.82. The second kappa shape index (κ2) is 13.0. The standard InChI is InChI=1S/C27H36N3O2P/c1-21(2)30(22(3)4)33(32-20-12-18-28)31-19-11-5-6-13-23-24-14-7-9-16-26(24)29-27-17-10-8-15-25(23)27/h7-10,14-17,21-22H,5-6,11-13,19-20H2,1-4H3. The van der Waals surface area contributed by atoms with E-state index in [2.05, 4.69) is 87.0 Å². The van der Waals surface area contributed by atoms with Crippen LogP contribution in [0.1, 0.15) is 58.9 Å². The number of hydrogen-bond donors (Lipinski definition) is 0. The Bertz CT molecular complexity index is 1000. The molecule has 0 amide bonds. The fraction of sp³-hybridized carbons (Fsp3) is 0.481. The smallest absolute Gasteiger partial charge is 0.259 e. The summed E-state index contributed by atoms with van der Waals surface area (Å²) in [6.07, 6.45) is 4.61. The van der Waals surface area contributed by atoms with Gasteiger partial charge in [-0.2, -0.15) is 5.26 Å². The van der Waals surface area contributed by atoms with Gasteiger partial charge in [-0.1, -0.05) is 42.8 Å². The molecule has 33 heavy (non-hydrogen) atoms. The maximum atomic E-state index is 8.85. The fourth-order valence-corrected chi connectivity index (χ4v) is 5.86. The third-order valence-electron chi connectivity index (χ3n) is 5.63. The van der Waals surface area contributed by atoms with Crippen molar-refractivity contribution in [2.45, 2.75) is 71.9 Å². The number of pyridine rings is 1. The molecule has 0 aliphatic rings. The Balaban J connectivity index is 1.57. The predicted molar refractivity (Wildman–Crippen MR) is 138 cm³/mol. The molecule has 0 spiro atoms. The van der Waals surface area contributed by atoms with E-state index < -0.39 is 8.53 Å². The number of aromatic nitrogens is 1. The molecule has 5 nitrogen and oxygen atoms in total. The number of benzene rings is 2. The lowest BCUT2D eigenvalue weighted by atomic mass is 9.98. The third-order valence-corrected chi connectivity index (χ3v) is 7.74. The van der Waals surface area contributed by atoms with Gasteiger partial charge in [0.1, 0.15) is 0 Å². The molecular weight excluding hydrogens is 429 g/mol. The molecule has 0 saturated carbocycles. The SMILES string of the molecule is CC(C)N(C(C)C)P(OCCC#N)OCCCCCc1c2ccccc2nc2ccccc12. The minimum absolute atomic E-state index is 0.325. The number of nitriles is 1. The molecule has 0 N–H and O–H groups in total. The van der Waals surface area contributed by atoms with Gasteiger partial charge >= 0.3 is 0 Å². The van der Waals surface area contributed by atoms with Crippen LogP contribution in [0.2, 0.25) is 0 Å². The van der Waals surface area contributed by atoms with Crippen LogP contribution in [0.4, 0.5) is 0 Å². The minimum Gasteiger partial charge on any atom is -0.322 e. The van der Waals surface area contributed by atoms with Crippen molar-refractivity contribution in [2.75, 3.05) is 13.2 Å². The van der Waals surface area contributed by atoms with Gasteiger partial charge in [0.25, 0.3) is 8.53 Å². The highest BCUT2D eigenvalue weighted by Gasteiger charge is 2.26. The van der Waals surface area contributed by atoms with Crippen molar-refractivity contribution in [1.29, 1.82) is 5.26 Å². The maximum absolute atomic E-state index is 8.85. The summed E-state index contributed by atoms with van der Waals surface area (Å²) in [6.45, 7) is 9.74. The number of aryl methyl sites for hydroxylation is 1. The Labute approximate surface area is 199 Å². The van der Waals surface area contributed by atoms with Crippen molar-refractivity contribution < 1.29 is 9.05 Å². The molecule has 1 heterocycles. The van der Waals surface area contributed by atoms with E-state index in [1.54, 1.807) is 0 Å². The lowest BCUT2D eigenvalue weighted by Crippen LogP contribution is -2.33. The molecule has 176 valence electrons. The Morgan fingerprint density at radius 1 is 0.848 bits per heavy atom. The molecule has 1 atom stereocenters. The summed E-state index contributed by atoms with van der Waals surface area (Å²) >= 11 is 0. The van der Waals surface area contributed by atoms with Crippen molar-refractivity contribution in [3.05, 3.63) is 54.1 Å². The van der Waals surface area contributed by atoms with Crippen molar-refractivity contribution in [3.8, 4) is 6.07 Å². The first-order valence-corrected chi connectivity index (χ1v) is 13.1. The largest absolute Gasteiger partial charge is 0.322 e. The van der Waals surface area contributed by atoms with Crippen LogP contribution < -0.4 is 0 Å². The van der Waals surface area contributed by atoms with Gasteiger partial charge < -0.3 is 9.05 Å². The number of rotatable bonds is 13. The Morgan fingerprint density at radius 2 is 1.42 bits per heavy atom. The van der Waals surface area contributed by atoms with Crippen LogP contribution in [0.5, 0.6) is 0 Å². The zero-order valence-corrected chi connectivity index (χ0v) is 21.2. The summed E-state index contributed by atoms with van der Waals surface area (Å²) in [6, 6.07) is 19.7. The number of fused-ring (bicyclic) bond motifs is 2. The monoisotopic (exact) mass is 465 g/mol. The minimum atomic E-state index is -1.15. The summed E-state index contributed by atoms with van der Waals surface area (Å²) in [7, 11) is -1.15. The highest BCUT2D eigenvalue weighted by molar-refractivity contribution is 7.44. The topological polar surface area (TPSA) is 58.4 Å². The van der Waals surface area contributed by atoms with E-state index in [0.717, 1.165) is 36.7 Å². The lowest BCUT2D eigenvalue weighted by molar-refractivity contribution is 0.174. The molecule has 0 saturated heterocycles. The molecule has 3 aromatic rings. The van der Waals surface area contributed by atoms with Gasteiger partial charge in [0.2, 0.25) is 0 Å². The molecule has 0 fully saturated rings. The number of para-hydroxylation sites is 2. The normalized spacial score (nSPS) is 12.8. The van der Waals surface area contributed by atoms with E-state index in [1.807, 2.05) is 0 Å². The molecule has 6 heteroatoms. The first kappa shape index (κ1) is 25.5. The number of hydrogen-bond acceptors (Lipinski definition) is 5. The van der Waals surface area contributed by atoms with Crippen molar-refractivity contribution in [1.82, 2.24) is 9.65 Å². The van der Waals surface area contributed by atoms with Crippen molar-refractivity contribution in [2.24, 2.45) is 0 Å². The van der Waals surface area contributed by atoms with E-state index in [9.17, 15) is 0 Å². The summed E-state index contributed by atoms with van der Waals surface area (Å²) in [5.41, 5.74) is 3.53. The quantitative estimate of drug-likeness (QED) is 0.150. The maximum Gasteiger partial charge on any atom is 0.259 e. The highest BCUT2D eigenvalue weighted by Crippen LogP contribution is 2.46. The fourth-order valence-electron chi connectivity index (χ4n) is 4.23. The molecule has 1 aromatic heterocycles. The Kier molecular flexibility index (Phi) is 10.0. The van der Waals surface area contributed by atoms with Crippen molar-refractivity contribution in [3.63, 3.8) is 0 Å². The summed E-state index contributed by atoms with van der Waals surface area (Å²) in [5.74, 6) is 0. The lowest BCUT2D eigenvalue weighted by Gasteiger charge is -2.35. The second-order valence-corrected chi connectivity index (χ2v) is 10.3. The zero-order chi connectivity index (χ0) is 23.6. The summed E-state index contributed by atoms with van der Waals surface area (Å²) in [4.78, 5) is 4.83. The van der Waals surface area contributed by atoms with Gasteiger partial charge in [-0.25, -0.2) is 9.65 Å². The average molecular weight is 466 g/mol. The third kappa shape index (κ3) is 6.95. The molecule has 1 unspecified atom stereocenters. The van der Waals surface area contributed by atoms with Gasteiger partial charge in [-0.15, -0.1) is 0 Å². The molecular formula is C27H36N3O2P. The highest BCUT2D eigenvalue weighted by atomic mass is 31.2. The van der Waals surface area contributed by atoms with E-state index in [4.69, 9.17) is 19.3 Å². The number of unbranched alkanes of at least 4 members (excludes halogenated alkanes) is 2. The van der Waals surface area contributed by atoms with Crippen LogP contribution in [-0.2, 0) is 15.5 Å². The molecule has 0 aliphatic carbocycles. The molecule has 0 radical (unpaired) electrons. The van der Waals surface area contributed by atoms with Crippen LogP contribution in [0.25, 0.3) is 21.8 Å². The Hall–Kier alpha value is -2.09. The van der Waals surface area contributed by atoms with Gasteiger partial charge in [-0.05, 0) is 64.7 Å². The molecule has 0 bridgehead atoms. The van der Waals surface area contributed by atoms with E-state index in [1.165, 1.54) is 16.3 Å². The van der Waals surface area contributed by atoms with Crippen molar-refractivity contribution >= 4 is 30.3 Å². The van der Waals surface area contributed by atoms with Crippen LogP contribution in [0.3, 0.4) is 0 Å². The Morgan fingerprint density at radius 3 is 2.00 bits per heavy atom.